The molecule has 17 heavy (non-hydrogen) atoms. The Morgan fingerprint density at radius 1 is 1.29 bits per heavy atom. The van der Waals surface area contributed by atoms with Gasteiger partial charge in [-0.1, -0.05) is 6.92 Å². The Morgan fingerprint density at radius 2 is 2.06 bits per heavy atom. The van der Waals surface area contributed by atoms with Crippen LogP contribution in [-0.2, 0) is 10.0 Å². The second kappa shape index (κ2) is 5.24. The standard InChI is InChI=1S/C12H24N2O2S/c1-10-5-7-14(11(2)8-10)17(15,16)9-12-4-3-6-13-12/h10-13H,3-9H2,1-2H3. The SMILES string of the molecule is CC1CCN(S(=O)(=O)CC2CCCN2)C(C)C1. The summed E-state index contributed by atoms with van der Waals surface area (Å²) in [5, 5.41) is 3.27. The van der Waals surface area contributed by atoms with Gasteiger partial charge >= 0.3 is 0 Å². The van der Waals surface area contributed by atoms with Crippen LogP contribution >= 0.6 is 0 Å². The van der Waals surface area contributed by atoms with Crippen molar-refractivity contribution in [1.82, 2.24) is 9.62 Å². The van der Waals surface area contributed by atoms with Crippen LogP contribution in [0, 0.1) is 5.92 Å². The minimum absolute atomic E-state index is 0.171. The van der Waals surface area contributed by atoms with Crippen molar-refractivity contribution in [3.05, 3.63) is 0 Å². The zero-order valence-electron chi connectivity index (χ0n) is 10.9. The fourth-order valence-corrected chi connectivity index (χ4v) is 5.05. The lowest BCUT2D eigenvalue weighted by molar-refractivity contribution is 0.219. The average molecular weight is 260 g/mol. The molecule has 2 fully saturated rings. The molecular formula is C12H24N2O2S. The van der Waals surface area contributed by atoms with Crippen LogP contribution in [0.3, 0.4) is 0 Å². The Hall–Kier alpha value is -0.130. The van der Waals surface area contributed by atoms with E-state index in [-0.39, 0.29) is 17.8 Å². The van der Waals surface area contributed by atoms with Crippen LogP contribution in [-0.4, -0.2) is 43.6 Å². The molecule has 0 aliphatic carbocycles. The highest BCUT2D eigenvalue weighted by molar-refractivity contribution is 7.89. The predicted molar refractivity (Wildman–Crippen MR) is 69.4 cm³/mol. The largest absolute Gasteiger partial charge is 0.313 e. The minimum atomic E-state index is -3.07. The van der Waals surface area contributed by atoms with Gasteiger partial charge in [-0.15, -0.1) is 0 Å². The van der Waals surface area contributed by atoms with Crippen LogP contribution in [0.1, 0.15) is 39.5 Å². The summed E-state index contributed by atoms with van der Waals surface area (Å²) >= 11 is 0. The van der Waals surface area contributed by atoms with Gasteiger partial charge in [-0.3, -0.25) is 0 Å². The van der Waals surface area contributed by atoms with Gasteiger partial charge in [0.1, 0.15) is 0 Å². The Kier molecular flexibility index (Phi) is 4.10. The van der Waals surface area contributed by atoms with Crippen molar-refractivity contribution in [2.24, 2.45) is 5.92 Å². The minimum Gasteiger partial charge on any atom is -0.313 e. The third-order valence-electron chi connectivity index (χ3n) is 4.01. The summed E-state index contributed by atoms with van der Waals surface area (Å²) in [6.07, 6.45) is 4.10. The highest BCUT2D eigenvalue weighted by Crippen LogP contribution is 2.25. The van der Waals surface area contributed by atoms with Gasteiger partial charge in [-0.2, -0.15) is 4.31 Å². The Morgan fingerprint density at radius 3 is 2.65 bits per heavy atom. The lowest BCUT2D eigenvalue weighted by atomic mass is 9.95. The van der Waals surface area contributed by atoms with Gasteiger partial charge in [0.15, 0.2) is 0 Å². The smallest absolute Gasteiger partial charge is 0.215 e. The fourth-order valence-electron chi connectivity index (χ4n) is 3.05. The van der Waals surface area contributed by atoms with Gasteiger partial charge in [0.25, 0.3) is 0 Å². The lowest BCUT2D eigenvalue weighted by Gasteiger charge is -2.36. The first kappa shape index (κ1) is 13.3. The van der Waals surface area contributed by atoms with E-state index in [0.29, 0.717) is 12.5 Å². The van der Waals surface area contributed by atoms with Gasteiger partial charge in [-0.25, -0.2) is 8.42 Å². The number of hydrogen-bond donors (Lipinski definition) is 1. The van der Waals surface area contributed by atoms with E-state index in [9.17, 15) is 8.42 Å². The third kappa shape index (κ3) is 3.20. The molecule has 5 heteroatoms. The Balaban J connectivity index is 1.99. The number of sulfonamides is 1. The zero-order chi connectivity index (χ0) is 12.5. The molecule has 0 saturated carbocycles. The first-order valence-electron chi connectivity index (χ1n) is 6.72. The van der Waals surface area contributed by atoms with Gasteiger partial charge in [0.05, 0.1) is 5.75 Å². The lowest BCUT2D eigenvalue weighted by Crippen LogP contribution is -2.47. The van der Waals surface area contributed by atoms with E-state index in [1.165, 1.54) is 0 Å². The average Bonchev–Trinajstić information content (AvgIpc) is 2.68. The topological polar surface area (TPSA) is 49.4 Å². The van der Waals surface area contributed by atoms with Crippen LogP contribution in [0.2, 0.25) is 0 Å². The number of rotatable bonds is 3. The number of nitrogens with one attached hydrogen (secondary N) is 1. The molecule has 0 aromatic rings. The van der Waals surface area contributed by atoms with Crippen LogP contribution in [0.4, 0.5) is 0 Å². The summed E-state index contributed by atoms with van der Waals surface area (Å²) in [6, 6.07) is 0.344. The Bertz CT molecular complexity index is 350. The maximum Gasteiger partial charge on any atom is 0.215 e. The first-order chi connectivity index (χ1) is 7.99. The first-order valence-corrected chi connectivity index (χ1v) is 8.33. The molecule has 4 nitrogen and oxygen atoms in total. The molecule has 2 heterocycles. The van der Waals surface area contributed by atoms with Gasteiger partial charge in [-0.05, 0) is 45.1 Å². The van der Waals surface area contributed by atoms with Crippen molar-refractivity contribution in [2.75, 3.05) is 18.8 Å². The predicted octanol–water partition coefficient (Wildman–Crippen LogP) is 1.19. The second-order valence-corrected chi connectivity index (χ2v) is 7.63. The molecule has 0 aromatic carbocycles. The number of hydrogen-bond acceptors (Lipinski definition) is 3. The zero-order valence-corrected chi connectivity index (χ0v) is 11.7. The summed E-state index contributed by atoms with van der Waals surface area (Å²) in [7, 11) is -3.07. The third-order valence-corrected chi connectivity index (χ3v) is 6.09. The van der Waals surface area contributed by atoms with E-state index in [0.717, 1.165) is 32.2 Å². The van der Waals surface area contributed by atoms with E-state index in [2.05, 4.69) is 12.2 Å². The van der Waals surface area contributed by atoms with Crippen LogP contribution in [0.25, 0.3) is 0 Å². The molecule has 0 aromatic heterocycles. The van der Waals surface area contributed by atoms with E-state index in [1.807, 2.05) is 6.92 Å². The van der Waals surface area contributed by atoms with E-state index < -0.39 is 10.0 Å². The molecule has 3 unspecified atom stereocenters. The summed E-state index contributed by atoms with van der Waals surface area (Å²) in [6.45, 7) is 5.92. The molecule has 2 aliphatic rings. The van der Waals surface area contributed by atoms with Crippen molar-refractivity contribution in [3.8, 4) is 0 Å². The molecule has 1 N–H and O–H groups in total. The molecule has 0 amide bonds. The summed E-state index contributed by atoms with van der Waals surface area (Å²) in [5.41, 5.74) is 0. The second-order valence-electron chi connectivity index (χ2n) is 5.66. The summed E-state index contributed by atoms with van der Waals surface area (Å²) in [5.74, 6) is 0.937. The highest BCUT2D eigenvalue weighted by Gasteiger charge is 2.34. The Labute approximate surface area is 105 Å². The van der Waals surface area contributed by atoms with Crippen molar-refractivity contribution in [1.29, 1.82) is 0 Å². The normalized spacial score (nSPS) is 36.2. The van der Waals surface area contributed by atoms with E-state index in [1.54, 1.807) is 4.31 Å². The maximum atomic E-state index is 12.3. The molecular weight excluding hydrogens is 236 g/mol. The monoisotopic (exact) mass is 260 g/mol. The molecule has 0 bridgehead atoms. The highest BCUT2D eigenvalue weighted by atomic mass is 32.2. The molecule has 3 atom stereocenters. The molecule has 2 rings (SSSR count). The summed E-state index contributed by atoms with van der Waals surface area (Å²) < 4.78 is 26.4. The molecule has 100 valence electrons. The van der Waals surface area contributed by atoms with E-state index >= 15 is 0 Å². The van der Waals surface area contributed by atoms with Crippen molar-refractivity contribution < 1.29 is 8.42 Å². The van der Waals surface area contributed by atoms with Crippen molar-refractivity contribution in [3.63, 3.8) is 0 Å². The summed E-state index contributed by atoms with van der Waals surface area (Å²) in [4.78, 5) is 0. The van der Waals surface area contributed by atoms with Crippen molar-refractivity contribution in [2.45, 2.75) is 51.6 Å². The number of piperidine rings is 1. The molecule has 2 aliphatic heterocycles. The van der Waals surface area contributed by atoms with Gasteiger partial charge in [0.2, 0.25) is 10.0 Å². The van der Waals surface area contributed by atoms with Gasteiger partial charge in [0, 0.05) is 18.6 Å². The molecule has 2 saturated heterocycles. The maximum absolute atomic E-state index is 12.3. The van der Waals surface area contributed by atoms with E-state index in [4.69, 9.17) is 0 Å². The van der Waals surface area contributed by atoms with Crippen molar-refractivity contribution >= 4 is 10.0 Å². The quantitative estimate of drug-likeness (QED) is 0.829. The van der Waals surface area contributed by atoms with Crippen LogP contribution < -0.4 is 5.32 Å². The molecule has 0 radical (unpaired) electrons. The van der Waals surface area contributed by atoms with Gasteiger partial charge < -0.3 is 5.32 Å². The fraction of sp³-hybridized carbons (Fsp3) is 1.00. The number of nitrogens with zero attached hydrogens (tertiary/aromatic N) is 1. The van der Waals surface area contributed by atoms with Crippen LogP contribution in [0.15, 0.2) is 0 Å². The van der Waals surface area contributed by atoms with Crippen LogP contribution in [0.5, 0.6) is 0 Å². The molecule has 0 spiro atoms.